The van der Waals surface area contributed by atoms with Crippen LogP contribution >= 0.6 is 0 Å². The molecule has 4 heteroatoms. The maximum atomic E-state index is 10.4. The zero-order valence-electron chi connectivity index (χ0n) is 26.8. The number of hydrogen-bond acceptors (Lipinski definition) is 4. The number of hydrogen-bond donors (Lipinski definition) is 0. The summed E-state index contributed by atoms with van der Waals surface area (Å²) in [6, 6.07) is 60.3. The van der Waals surface area contributed by atoms with Crippen LogP contribution in [0.2, 0.25) is 0 Å². The van der Waals surface area contributed by atoms with Gasteiger partial charge in [-0.2, -0.15) is 21.0 Å². The zero-order chi connectivity index (χ0) is 34.5. The van der Waals surface area contributed by atoms with Gasteiger partial charge in [-0.15, -0.1) is 0 Å². The lowest BCUT2D eigenvalue weighted by atomic mass is 9.88. The Morgan fingerprint density at radius 3 is 0.880 bits per heavy atom. The van der Waals surface area contributed by atoms with Gasteiger partial charge in [-0.3, -0.25) is 0 Å². The molecule has 0 aromatic heterocycles. The molecule has 0 heterocycles. The Bertz CT molecular complexity index is 2310. The van der Waals surface area contributed by atoms with Crippen LogP contribution in [0.5, 0.6) is 0 Å². The molecule has 0 unspecified atom stereocenters. The molecule has 0 radical (unpaired) electrons. The number of benzene rings is 6. The predicted molar refractivity (Wildman–Crippen MR) is 198 cm³/mol. The minimum Gasteiger partial charge on any atom is -0.192 e. The van der Waals surface area contributed by atoms with Gasteiger partial charge in [0.05, 0.1) is 23.3 Å². The molecule has 0 N–H and O–H groups in total. The minimum atomic E-state index is 0.0404. The van der Waals surface area contributed by atoms with Crippen LogP contribution in [0.15, 0.2) is 169 Å². The van der Waals surface area contributed by atoms with Gasteiger partial charge in [0.25, 0.3) is 0 Å². The first kappa shape index (κ1) is 31.1. The summed E-state index contributed by atoms with van der Waals surface area (Å²) >= 11 is 0. The lowest BCUT2D eigenvalue weighted by Crippen LogP contribution is -1.96. The summed E-state index contributed by atoms with van der Waals surface area (Å²) < 4.78 is 0. The molecule has 7 rings (SSSR count). The van der Waals surface area contributed by atoms with E-state index >= 15 is 0 Å². The van der Waals surface area contributed by atoms with Crippen molar-refractivity contribution in [2.75, 3.05) is 0 Å². The Morgan fingerprint density at radius 1 is 0.300 bits per heavy atom. The Kier molecular flexibility index (Phi) is 8.52. The Hall–Kier alpha value is -7.50. The van der Waals surface area contributed by atoms with E-state index in [1.165, 1.54) is 0 Å². The largest absolute Gasteiger partial charge is 0.192 e. The van der Waals surface area contributed by atoms with Crippen molar-refractivity contribution in [3.8, 4) is 46.5 Å². The van der Waals surface area contributed by atoms with Crippen molar-refractivity contribution < 1.29 is 0 Å². The van der Waals surface area contributed by atoms with E-state index in [2.05, 4.69) is 72.8 Å². The Morgan fingerprint density at radius 2 is 0.580 bits per heavy atom. The van der Waals surface area contributed by atoms with Crippen LogP contribution in [0.4, 0.5) is 0 Å². The molecule has 50 heavy (non-hydrogen) atoms. The number of nitriles is 4. The first-order valence-electron chi connectivity index (χ1n) is 16.0. The van der Waals surface area contributed by atoms with Crippen molar-refractivity contribution in [3.05, 3.63) is 202 Å². The molecule has 0 fully saturated rings. The summed E-state index contributed by atoms with van der Waals surface area (Å²) in [7, 11) is 0. The molecule has 1 aliphatic rings. The molecule has 6 aromatic rings. The molecule has 1 aliphatic carbocycles. The molecule has 0 saturated carbocycles. The van der Waals surface area contributed by atoms with E-state index in [4.69, 9.17) is 0 Å². The van der Waals surface area contributed by atoms with Crippen LogP contribution < -0.4 is 0 Å². The van der Waals surface area contributed by atoms with Gasteiger partial charge in [0.1, 0.15) is 17.7 Å². The fourth-order valence-electron chi connectivity index (χ4n) is 6.51. The monoisotopic (exact) mass is 634 g/mol. The van der Waals surface area contributed by atoms with Gasteiger partial charge in [-0.25, -0.2) is 0 Å². The predicted octanol–water partition coefficient (Wildman–Crippen LogP) is 10.6. The second-order valence-corrected chi connectivity index (χ2v) is 11.7. The third-order valence-corrected chi connectivity index (χ3v) is 8.89. The molecule has 230 valence electrons. The van der Waals surface area contributed by atoms with E-state index < -0.39 is 0 Å². The van der Waals surface area contributed by atoms with E-state index in [0.717, 1.165) is 66.8 Å². The highest BCUT2D eigenvalue weighted by Gasteiger charge is 2.35. The standard InChI is InChI=1S/C46H26N4/c47-27-31-11-15-33(16-12-31)35-19-23-39(24-20-35)44-42(37-7-3-1-4-8-37)46(41(29-49)30-50)43(38-9-5-2-6-10-38)45(44)40-25-21-36(22-26-40)34-17-13-32(28-48)14-18-34/h1-26H. The third-order valence-electron chi connectivity index (χ3n) is 8.89. The van der Waals surface area contributed by atoms with Crippen molar-refractivity contribution in [2.24, 2.45) is 0 Å². The van der Waals surface area contributed by atoms with E-state index in [1.54, 1.807) is 0 Å². The van der Waals surface area contributed by atoms with Crippen molar-refractivity contribution in [1.82, 2.24) is 0 Å². The van der Waals surface area contributed by atoms with Gasteiger partial charge in [0, 0.05) is 16.7 Å². The SMILES string of the molecule is N#CC(C#N)=C1C(c2ccccc2)=C(c2ccc(-c3ccc(C#N)cc3)cc2)C(c2ccc(-c3ccc(C#N)cc3)cc2)=C1c1ccccc1. The fraction of sp³-hybridized carbons (Fsp3) is 0. The van der Waals surface area contributed by atoms with Crippen LogP contribution in [-0.2, 0) is 0 Å². The molecular weight excluding hydrogens is 609 g/mol. The molecule has 0 atom stereocenters. The summed E-state index contributed by atoms with van der Waals surface area (Å²) in [6.07, 6.45) is 0. The van der Waals surface area contributed by atoms with Crippen LogP contribution in [0.3, 0.4) is 0 Å². The number of allylic oxidation sites excluding steroid dienone is 6. The maximum absolute atomic E-state index is 10.4. The molecule has 0 amide bonds. The normalized spacial score (nSPS) is 12.1. The van der Waals surface area contributed by atoms with Gasteiger partial charge in [-0.05, 0) is 79.9 Å². The molecule has 0 saturated heterocycles. The highest BCUT2D eigenvalue weighted by atomic mass is 14.4. The number of rotatable bonds is 6. The molecule has 0 bridgehead atoms. The third kappa shape index (κ3) is 5.79. The van der Waals surface area contributed by atoms with Gasteiger partial charge >= 0.3 is 0 Å². The van der Waals surface area contributed by atoms with E-state index in [0.29, 0.717) is 16.7 Å². The topological polar surface area (TPSA) is 95.2 Å². The molecule has 0 spiro atoms. The van der Waals surface area contributed by atoms with Gasteiger partial charge in [0.2, 0.25) is 0 Å². The molecule has 0 aliphatic heterocycles. The smallest absolute Gasteiger partial charge is 0.138 e. The van der Waals surface area contributed by atoms with Gasteiger partial charge < -0.3 is 0 Å². The first-order valence-corrected chi connectivity index (χ1v) is 16.0. The van der Waals surface area contributed by atoms with E-state index in [1.807, 2.05) is 109 Å². The van der Waals surface area contributed by atoms with Crippen molar-refractivity contribution in [3.63, 3.8) is 0 Å². The van der Waals surface area contributed by atoms with E-state index in [9.17, 15) is 21.0 Å². The Balaban J connectivity index is 1.51. The van der Waals surface area contributed by atoms with Crippen LogP contribution in [0, 0.1) is 45.3 Å². The minimum absolute atomic E-state index is 0.0404. The average molecular weight is 635 g/mol. The molecule has 6 aromatic carbocycles. The van der Waals surface area contributed by atoms with Gasteiger partial charge in [0.15, 0.2) is 0 Å². The Labute approximate surface area is 291 Å². The summed E-state index contributed by atoms with van der Waals surface area (Å²) in [5.74, 6) is 0. The van der Waals surface area contributed by atoms with Gasteiger partial charge in [-0.1, -0.05) is 133 Å². The zero-order valence-corrected chi connectivity index (χ0v) is 26.8. The van der Waals surface area contributed by atoms with Crippen LogP contribution in [0.1, 0.15) is 33.4 Å². The molecular formula is C46H26N4. The second-order valence-electron chi connectivity index (χ2n) is 11.7. The van der Waals surface area contributed by atoms with Crippen molar-refractivity contribution >= 4 is 22.3 Å². The van der Waals surface area contributed by atoms with Crippen molar-refractivity contribution in [1.29, 1.82) is 21.0 Å². The van der Waals surface area contributed by atoms with E-state index in [-0.39, 0.29) is 5.57 Å². The lowest BCUT2D eigenvalue weighted by Gasteiger charge is -2.15. The first-order chi connectivity index (χ1) is 24.6. The summed E-state index contributed by atoms with van der Waals surface area (Å²) in [4.78, 5) is 0. The number of nitrogens with zero attached hydrogens (tertiary/aromatic N) is 4. The average Bonchev–Trinajstić information content (AvgIpc) is 3.55. The van der Waals surface area contributed by atoms with Crippen molar-refractivity contribution in [2.45, 2.75) is 0 Å². The highest BCUT2D eigenvalue weighted by molar-refractivity contribution is 6.35. The highest BCUT2D eigenvalue weighted by Crippen LogP contribution is 2.55. The summed E-state index contributed by atoms with van der Waals surface area (Å²) in [6.45, 7) is 0. The van der Waals surface area contributed by atoms with Crippen LogP contribution in [0.25, 0.3) is 44.5 Å². The molecule has 4 nitrogen and oxygen atoms in total. The van der Waals surface area contributed by atoms with Crippen LogP contribution in [-0.4, -0.2) is 0 Å². The summed E-state index contributed by atoms with van der Waals surface area (Å²) in [5, 5.41) is 39.4. The maximum Gasteiger partial charge on any atom is 0.138 e. The summed E-state index contributed by atoms with van der Waals surface area (Å²) in [5.41, 5.74) is 13.0. The lowest BCUT2D eigenvalue weighted by molar-refractivity contribution is 1.44. The fourth-order valence-corrected chi connectivity index (χ4v) is 6.51. The quantitative estimate of drug-likeness (QED) is 0.170. The second kappa shape index (κ2) is 13.7.